The van der Waals surface area contributed by atoms with E-state index in [-0.39, 0.29) is 34.7 Å². The van der Waals surface area contributed by atoms with Crippen LogP contribution in [-0.4, -0.2) is 116 Å². The Labute approximate surface area is 433 Å². The molecule has 5 aromatic rings. The summed E-state index contributed by atoms with van der Waals surface area (Å²) >= 11 is 0. The number of carbonyl (C=O) groups excluding carboxylic acids is 1. The van der Waals surface area contributed by atoms with Crippen LogP contribution < -0.4 is 24.6 Å². The highest BCUT2D eigenvalue weighted by Gasteiger charge is 2.45. The van der Waals surface area contributed by atoms with E-state index in [0.29, 0.717) is 80.5 Å². The first-order valence-corrected chi connectivity index (χ1v) is 28.3. The van der Waals surface area contributed by atoms with Gasteiger partial charge in [0.05, 0.1) is 58.6 Å². The highest BCUT2D eigenvalue weighted by atomic mass is 32.2. The van der Waals surface area contributed by atoms with Gasteiger partial charge in [0.25, 0.3) is 21.6 Å². The number of H-pyrrole nitrogens is 1. The van der Waals surface area contributed by atoms with Gasteiger partial charge in [-0.25, -0.2) is 13.1 Å². The third-order valence-corrected chi connectivity index (χ3v) is 18.6. The lowest BCUT2D eigenvalue weighted by Crippen LogP contribution is -2.53. The van der Waals surface area contributed by atoms with Crippen molar-refractivity contribution in [2.75, 3.05) is 67.7 Å². The number of amides is 1. The maximum Gasteiger partial charge on any atom is 0.293 e. The Balaban J connectivity index is 0.878. The number of nitrogens with zero attached hydrogens (tertiary/aromatic N) is 5. The van der Waals surface area contributed by atoms with Gasteiger partial charge in [-0.15, -0.1) is 0 Å². The van der Waals surface area contributed by atoms with E-state index in [9.17, 15) is 28.4 Å². The Morgan fingerprint density at radius 1 is 0.932 bits per heavy atom. The zero-order valence-electron chi connectivity index (χ0n) is 42.8. The number of rotatable bonds is 12. The molecule has 2 aliphatic carbocycles. The summed E-state index contributed by atoms with van der Waals surface area (Å²) in [7, 11) is -4.63. The lowest BCUT2D eigenvalue weighted by atomic mass is 9.66. The number of anilines is 4. The molecule has 2 saturated carbocycles. The molecular weight excluding hydrogens is 961 g/mol. The smallest absolute Gasteiger partial charge is 0.293 e. The number of nitrogens with one attached hydrogen (secondary N) is 3. The van der Waals surface area contributed by atoms with Crippen LogP contribution in [0, 0.1) is 21.4 Å². The Kier molecular flexibility index (Phi) is 13.9. The minimum absolute atomic E-state index is 0.117. The molecule has 0 bridgehead atoms. The molecule has 4 aliphatic heterocycles. The zero-order chi connectivity index (χ0) is 51.4. The average molecular weight is 1030 g/mol. The van der Waals surface area contributed by atoms with Gasteiger partial charge >= 0.3 is 0 Å². The van der Waals surface area contributed by atoms with Crippen LogP contribution in [0.2, 0.25) is 0 Å². The molecule has 4 atom stereocenters. The van der Waals surface area contributed by atoms with Gasteiger partial charge < -0.3 is 39.4 Å². The summed E-state index contributed by atoms with van der Waals surface area (Å²) in [6.45, 7) is 11.6. The number of aromatic nitrogens is 2. The second kappa shape index (κ2) is 20.4. The number of benzene rings is 3. The van der Waals surface area contributed by atoms with Crippen molar-refractivity contribution in [1.29, 1.82) is 0 Å². The van der Waals surface area contributed by atoms with Crippen LogP contribution in [0.15, 0.2) is 83.9 Å². The fraction of sp³-hybridized carbons (Fsp3) is 0.536. The van der Waals surface area contributed by atoms with Crippen LogP contribution in [0.3, 0.4) is 0 Å². The van der Waals surface area contributed by atoms with Gasteiger partial charge in [0, 0.05) is 62.2 Å². The van der Waals surface area contributed by atoms with Gasteiger partial charge in [-0.3, -0.25) is 19.8 Å². The van der Waals surface area contributed by atoms with Crippen molar-refractivity contribution >= 4 is 55.4 Å². The number of hydrogen-bond donors (Lipinski definition) is 4. The molecule has 0 radical (unpaired) electrons. The van der Waals surface area contributed by atoms with Gasteiger partial charge in [-0.05, 0) is 142 Å². The minimum atomic E-state index is -4.63. The summed E-state index contributed by atoms with van der Waals surface area (Å²) < 4.78 is 49.4. The maximum absolute atomic E-state index is 14.8. The number of nitro groups is 1. The van der Waals surface area contributed by atoms with Crippen molar-refractivity contribution < 1.29 is 37.5 Å². The molecule has 74 heavy (non-hydrogen) atoms. The monoisotopic (exact) mass is 1030 g/mol. The zero-order valence-corrected chi connectivity index (χ0v) is 43.6. The summed E-state index contributed by atoms with van der Waals surface area (Å²) in [5, 5.41) is 26.8. The first kappa shape index (κ1) is 50.4. The molecule has 0 unspecified atom stereocenters. The number of sulfonamides is 1. The normalized spacial score (nSPS) is 26.3. The largest absolute Gasteiger partial charge is 0.468 e. The molecule has 4 N–H and O–H groups in total. The third-order valence-electron chi connectivity index (χ3n) is 17.3. The van der Waals surface area contributed by atoms with Gasteiger partial charge in [0.1, 0.15) is 23.1 Å². The summed E-state index contributed by atoms with van der Waals surface area (Å²) in [4.78, 5) is 41.4. The number of carbonyl (C=O) groups is 1. The van der Waals surface area contributed by atoms with E-state index in [4.69, 9.17) is 19.2 Å². The number of fused-ring (bicyclic) bond motifs is 3. The molecule has 18 heteroatoms. The molecule has 394 valence electrons. The summed E-state index contributed by atoms with van der Waals surface area (Å²) in [5.41, 5.74) is 4.86. The van der Waals surface area contributed by atoms with E-state index in [0.717, 1.165) is 75.5 Å². The first-order valence-electron chi connectivity index (χ1n) is 26.8. The molecule has 6 aliphatic rings. The van der Waals surface area contributed by atoms with E-state index < -0.39 is 43.1 Å². The lowest BCUT2D eigenvalue weighted by molar-refractivity contribution is -0.384. The third kappa shape index (κ3) is 10.1. The lowest BCUT2D eigenvalue weighted by Gasteiger charge is -2.51. The number of nitro benzene ring substituents is 1. The molecule has 3 aromatic carbocycles. The molecular formula is C56H70N8O9S. The minimum Gasteiger partial charge on any atom is -0.468 e. The van der Waals surface area contributed by atoms with Gasteiger partial charge in [0.2, 0.25) is 5.88 Å². The summed E-state index contributed by atoms with van der Waals surface area (Å²) in [6.07, 6.45) is 11.5. The summed E-state index contributed by atoms with van der Waals surface area (Å²) in [5.74, 6) is 0.115. The number of aliphatic hydroxyl groups is 1. The Hall–Kier alpha value is -5.79. The second-order valence-electron chi connectivity index (χ2n) is 22.4. The van der Waals surface area contributed by atoms with Crippen LogP contribution in [0.4, 0.5) is 28.4 Å². The summed E-state index contributed by atoms with van der Waals surface area (Å²) in [6, 6.07) is 22.5. The van der Waals surface area contributed by atoms with E-state index >= 15 is 0 Å². The van der Waals surface area contributed by atoms with Crippen molar-refractivity contribution in [3.63, 3.8) is 0 Å². The van der Waals surface area contributed by atoms with Crippen LogP contribution in [0.25, 0.3) is 11.0 Å². The van der Waals surface area contributed by atoms with Crippen LogP contribution >= 0.6 is 0 Å². The van der Waals surface area contributed by atoms with Crippen LogP contribution in [0.5, 0.6) is 5.88 Å². The van der Waals surface area contributed by atoms with E-state index in [1.54, 1.807) is 6.07 Å². The van der Waals surface area contributed by atoms with Gasteiger partial charge in [0.15, 0.2) is 0 Å². The molecule has 11 rings (SSSR count). The number of piperidine rings is 1. The van der Waals surface area contributed by atoms with E-state index in [1.165, 1.54) is 42.5 Å². The van der Waals surface area contributed by atoms with Crippen LogP contribution in [-0.2, 0) is 19.5 Å². The van der Waals surface area contributed by atoms with Crippen molar-refractivity contribution in [3.05, 3.63) is 106 Å². The quantitative estimate of drug-likeness (QED) is 0.0679. The number of hydrogen-bond acceptors (Lipinski definition) is 14. The maximum atomic E-state index is 14.8. The van der Waals surface area contributed by atoms with E-state index in [1.807, 2.05) is 37.4 Å². The number of morpholine rings is 1. The fourth-order valence-electron chi connectivity index (χ4n) is 13.1. The molecule has 6 heterocycles. The standard InChI is InChI=1S/C56H70N8O9S/c1-36(2)42-8-4-5-9-43(42)50-34-72-28-26-62(50)40-7-6-18-56(32-40)21-24-61(25-22-56)39-10-12-44(47(30-39)63-46-17-27-71-35-51(46)73-54-49(63)29-38-16-23-57-52(38)59-54)53(65)60-74(69,70)41-11-13-45(48(31-41)64(67)68)58-33-37-14-19-55(3,66)20-15-37/h4-5,8-13,16,23,29-31,36-37,40,46,50-51,58,66H,6-7,14-15,17-22,24-28,32-35H2,1-3H3,(H,57,59)(H,60,65)/t37-,40-,46-,50-,51-,55-/m0/s1. The van der Waals surface area contributed by atoms with Crippen molar-refractivity contribution in [3.8, 4) is 5.88 Å². The molecule has 17 nitrogen and oxygen atoms in total. The van der Waals surface area contributed by atoms with Crippen molar-refractivity contribution in [1.82, 2.24) is 19.6 Å². The van der Waals surface area contributed by atoms with Gasteiger partial charge in [-0.1, -0.05) is 44.5 Å². The Morgan fingerprint density at radius 2 is 1.73 bits per heavy atom. The highest BCUT2D eigenvalue weighted by molar-refractivity contribution is 7.90. The second-order valence-corrected chi connectivity index (χ2v) is 24.1. The number of pyridine rings is 1. The van der Waals surface area contributed by atoms with Crippen molar-refractivity contribution in [2.24, 2.45) is 11.3 Å². The molecule has 1 spiro atoms. The molecule has 2 aromatic heterocycles. The van der Waals surface area contributed by atoms with E-state index in [2.05, 4.69) is 67.8 Å². The topological polar surface area (TPSA) is 205 Å². The first-order chi connectivity index (χ1) is 35.6. The van der Waals surface area contributed by atoms with Gasteiger partial charge in [-0.2, -0.15) is 4.98 Å². The molecule has 5 fully saturated rings. The average Bonchev–Trinajstić information content (AvgIpc) is 3.87. The number of ether oxygens (including phenoxy) is 3. The Morgan fingerprint density at radius 3 is 2.53 bits per heavy atom. The molecule has 3 saturated heterocycles. The predicted octanol–water partition coefficient (Wildman–Crippen LogP) is 9.36. The molecule has 1 amide bonds. The van der Waals surface area contributed by atoms with Crippen LogP contribution in [0.1, 0.15) is 125 Å². The highest BCUT2D eigenvalue weighted by Crippen LogP contribution is 2.50. The fourth-order valence-corrected chi connectivity index (χ4v) is 14.1. The SMILES string of the molecule is CC(C)c1ccccc1[C@@H]1COCCN1[C@H]1CCCC2(CCN(c3ccc(C(=O)NS(=O)(=O)c4ccc(NC[C@H]5CC[C@](C)(O)CC5)c([N+](=O)[O-])c4)c(N4c5cc6cc[nH]c6nc5O[C@H]5COCC[C@@H]54)c3)CC2)C1. The van der Waals surface area contributed by atoms with Crippen molar-refractivity contribution in [2.45, 2.75) is 132 Å². The number of aromatic amines is 1. The Bertz CT molecular complexity index is 3000. The predicted molar refractivity (Wildman–Crippen MR) is 284 cm³/mol.